The minimum atomic E-state index is -0.880. The van der Waals surface area contributed by atoms with E-state index in [0.717, 1.165) is 5.56 Å². The molecule has 1 atom stereocenters. The molecule has 0 aromatic carbocycles. The predicted octanol–water partition coefficient (Wildman–Crippen LogP) is 1.77. The van der Waals surface area contributed by atoms with Crippen molar-refractivity contribution in [3.63, 3.8) is 0 Å². The summed E-state index contributed by atoms with van der Waals surface area (Å²) in [6.45, 7) is 6.85. The number of piperidine rings is 1. The van der Waals surface area contributed by atoms with Crippen LogP contribution in [0, 0.1) is 5.92 Å². The number of carboxylic acid groups (broad SMARTS) is 1. The van der Waals surface area contributed by atoms with Gasteiger partial charge in [-0.2, -0.15) is 0 Å². The second-order valence-corrected chi connectivity index (χ2v) is 7.86. The fourth-order valence-corrected chi connectivity index (χ4v) is 2.94. The van der Waals surface area contributed by atoms with E-state index in [1.54, 1.807) is 19.3 Å². The molecule has 1 aromatic rings. The third-order valence-electron chi connectivity index (χ3n) is 4.69. The summed E-state index contributed by atoms with van der Waals surface area (Å²) < 4.78 is 0. The highest BCUT2D eigenvalue weighted by Gasteiger charge is 2.29. The minimum Gasteiger partial charge on any atom is -0.481 e. The van der Waals surface area contributed by atoms with E-state index in [1.807, 2.05) is 6.07 Å². The van der Waals surface area contributed by atoms with Crippen LogP contribution in [0.3, 0.4) is 0 Å². The van der Waals surface area contributed by atoms with E-state index in [4.69, 9.17) is 5.11 Å². The smallest absolute Gasteiger partial charge is 0.308 e. The van der Waals surface area contributed by atoms with Crippen LogP contribution in [0.4, 0.5) is 0 Å². The maximum Gasteiger partial charge on any atom is 0.308 e. The van der Waals surface area contributed by atoms with Gasteiger partial charge in [-0.1, -0.05) is 26.8 Å². The molecule has 0 aliphatic carbocycles. The van der Waals surface area contributed by atoms with Gasteiger partial charge < -0.3 is 14.9 Å². The van der Waals surface area contributed by atoms with Crippen LogP contribution in [-0.4, -0.2) is 64.4 Å². The average molecular weight is 361 g/mol. The topological polar surface area (TPSA) is 90.8 Å². The molecule has 0 bridgehead atoms. The molecule has 2 heterocycles. The lowest BCUT2D eigenvalue weighted by molar-refractivity contribution is -0.145. The molecule has 7 nitrogen and oxygen atoms in total. The number of amides is 2. The summed E-state index contributed by atoms with van der Waals surface area (Å²) >= 11 is 0. The zero-order chi connectivity index (χ0) is 19.5. The minimum absolute atomic E-state index is 0.0502. The molecule has 1 unspecified atom stereocenters. The number of rotatable bonds is 4. The first kappa shape index (κ1) is 19.9. The Morgan fingerprint density at radius 2 is 2.00 bits per heavy atom. The summed E-state index contributed by atoms with van der Waals surface area (Å²) in [7, 11) is 1.55. The van der Waals surface area contributed by atoms with Gasteiger partial charge in [0.15, 0.2) is 0 Å². The molecule has 1 aromatic heterocycles. The molecular weight excluding hydrogens is 334 g/mol. The van der Waals surface area contributed by atoms with Crippen LogP contribution < -0.4 is 0 Å². The Morgan fingerprint density at radius 3 is 2.54 bits per heavy atom. The summed E-state index contributed by atoms with van der Waals surface area (Å²) in [4.78, 5) is 43.1. The van der Waals surface area contributed by atoms with Crippen LogP contribution in [0.1, 0.15) is 49.7 Å². The summed E-state index contributed by atoms with van der Waals surface area (Å²) in [5, 5.41) is 9.13. The highest BCUT2D eigenvalue weighted by molar-refractivity contribution is 5.94. The van der Waals surface area contributed by atoms with Crippen molar-refractivity contribution in [1.82, 2.24) is 14.8 Å². The zero-order valence-corrected chi connectivity index (χ0v) is 15.9. The Balaban J connectivity index is 1.98. The van der Waals surface area contributed by atoms with E-state index in [9.17, 15) is 14.4 Å². The molecule has 1 fully saturated rings. The van der Waals surface area contributed by atoms with Crippen LogP contribution in [0.15, 0.2) is 18.3 Å². The van der Waals surface area contributed by atoms with Gasteiger partial charge in [0.1, 0.15) is 5.69 Å². The number of aromatic nitrogens is 1. The van der Waals surface area contributed by atoms with Gasteiger partial charge in [0, 0.05) is 26.3 Å². The van der Waals surface area contributed by atoms with Gasteiger partial charge >= 0.3 is 5.97 Å². The van der Waals surface area contributed by atoms with Gasteiger partial charge in [0.05, 0.1) is 12.5 Å². The lowest BCUT2D eigenvalue weighted by atomic mass is 9.88. The molecule has 0 radical (unpaired) electrons. The zero-order valence-electron chi connectivity index (χ0n) is 15.9. The van der Waals surface area contributed by atoms with Crippen molar-refractivity contribution in [2.45, 2.75) is 39.0 Å². The monoisotopic (exact) mass is 361 g/mol. The number of nitrogens with zero attached hydrogens (tertiary/aromatic N) is 3. The number of hydrogen-bond donors (Lipinski definition) is 1. The number of likely N-dealkylation sites (tertiary alicyclic amines) is 1. The molecular formula is C19H27N3O4. The third-order valence-corrected chi connectivity index (χ3v) is 4.69. The summed E-state index contributed by atoms with van der Waals surface area (Å²) in [5.74, 6) is -1.97. The largest absolute Gasteiger partial charge is 0.481 e. The van der Waals surface area contributed by atoms with E-state index in [-0.39, 0.29) is 36.0 Å². The molecule has 1 aliphatic rings. The van der Waals surface area contributed by atoms with E-state index in [2.05, 4.69) is 25.8 Å². The fourth-order valence-electron chi connectivity index (χ4n) is 2.94. The van der Waals surface area contributed by atoms with Crippen molar-refractivity contribution >= 4 is 17.8 Å². The molecule has 1 saturated heterocycles. The Bertz CT molecular complexity index is 679. The van der Waals surface area contributed by atoms with Crippen LogP contribution in [-0.2, 0) is 15.0 Å². The second kappa shape index (κ2) is 7.85. The molecule has 142 valence electrons. The standard InChI is InChI=1S/C19H27N3O4/c1-19(2,3)14-7-8-15(20-10-14)17(24)21(4)12-16(23)22-9-5-6-13(11-22)18(25)26/h7-8,10,13H,5-6,9,11-12H2,1-4H3,(H,25,26). The summed E-state index contributed by atoms with van der Waals surface area (Å²) in [6.07, 6.45) is 2.93. The van der Waals surface area contributed by atoms with Crippen LogP contribution in [0.5, 0.6) is 0 Å². The Morgan fingerprint density at radius 1 is 1.31 bits per heavy atom. The third kappa shape index (κ3) is 4.80. The van der Waals surface area contributed by atoms with Crippen molar-refractivity contribution in [2.24, 2.45) is 5.92 Å². The SMILES string of the molecule is CN(CC(=O)N1CCCC(C(=O)O)C1)C(=O)c1ccc(C(C)(C)C)cn1. The van der Waals surface area contributed by atoms with Gasteiger partial charge in [-0.3, -0.25) is 19.4 Å². The maximum atomic E-state index is 12.5. The number of aliphatic carboxylic acids is 1. The maximum absolute atomic E-state index is 12.5. The Labute approximate surface area is 154 Å². The molecule has 0 spiro atoms. The van der Waals surface area contributed by atoms with Gasteiger partial charge in [0.25, 0.3) is 5.91 Å². The lowest BCUT2D eigenvalue weighted by Crippen LogP contribution is -2.47. The van der Waals surface area contributed by atoms with Crippen LogP contribution in [0.2, 0.25) is 0 Å². The van der Waals surface area contributed by atoms with Crippen molar-refractivity contribution in [3.05, 3.63) is 29.6 Å². The molecule has 1 N–H and O–H groups in total. The van der Waals surface area contributed by atoms with Crippen molar-refractivity contribution in [1.29, 1.82) is 0 Å². The van der Waals surface area contributed by atoms with Gasteiger partial charge in [-0.15, -0.1) is 0 Å². The number of likely N-dealkylation sites (N-methyl/N-ethyl adjacent to an activating group) is 1. The number of hydrogen-bond acceptors (Lipinski definition) is 4. The van der Waals surface area contributed by atoms with E-state index in [1.165, 1.54) is 9.80 Å². The van der Waals surface area contributed by atoms with Gasteiger partial charge in [0.2, 0.25) is 5.91 Å². The normalized spacial score (nSPS) is 17.7. The predicted molar refractivity (Wildman–Crippen MR) is 96.8 cm³/mol. The molecule has 1 aliphatic heterocycles. The fraction of sp³-hybridized carbons (Fsp3) is 0.579. The molecule has 7 heteroatoms. The van der Waals surface area contributed by atoms with Crippen molar-refractivity contribution < 1.29 is 19.5 Å². The van der Waals surface area contributed by atoms with E-state index in [0.29, 0.717) is 19.4 Å². The van der Waals surface area contributed by atoms with E-state index >= 15 is 0 Å². The number of pyridine rings is 1. The number of carbonyl (C=O) groups is 3. The van der Waals surface area contributed by atoms with Crippen molar-refractivity contribution in [2.75, 3.05) is 26.7 Å². The number of carboxylic acids is 1. The Kier molecular flexibility index (Phi) is 6.00. The first-order valence-corrected chi connectivity index (χ1v) is 8.82. The second-order valence-electron chi connectivity index (χ2n) is 7.86. The van der Waals surface area contributed by atoms with Gasteiger partial charge in [-0.25, -0.2) is 0 Å². The molecule has 2 amide bonds. The van der Waals surface area contributed by atoms with Gasteiger partial charge in [-0.05, 0) is 29.9 Å². The quantitative estimate of drug-likeness (QED) is 0.883. The highest BCUT2D eigenvalue weighted by Crippen LogP contribution is 2.21. The first-order chi connectivity index (χ1) is 12.1. The molecule has 0 saturated carbocycles. The molecule has 2 rings (SSSR count). The summed E-state index contributed by atoms with van der Waals surface area (Å²) in [6, 6.07) is 3.54. The average Bonchev–Trinajstić information content (AvgIpc) is 2.60. The number of carbonyl (C=O) groups excluding carboxylic acids is 2. The Hall–Kier alpha value is -2.44. The molecule has 26 heavy (non-hydrogen) atoms. The summed E-state index contributed by atoms with van der Waals surface area (Å²) in [5.41, 5.74) is 1.27. The van der Waals surface area contributed by atoms with Crippen molar-refractivity contribution in [3.8, 4) is 0 Å². The lowest BCUT2D eigenvalue weighted by Gasteiger charge is -2.32. The first-order valence-electron chi connectivity index (χ1n) is 8.82. The van der Waals surface area contributed by atoms with Crippen LogP contribution >= 0.6 is 0 Å². The highest BCUT2D eigenvalue weighted by atomic mass is 16.4. The van der Waals surface area contributed by atoms with E-state index < -0.39 is 11.9 Å². The van der Waals surface area contributed by atoms with Crippen LogP contribution in [0.25, 0.3) is 0 Å².